The van der Waals surface area contributed by atoms with Gasteiger partial charge in [-0.2, -0.15) is 4.31 Å². The Labute approximate surface area is 166 Å². The number of ether oxygens (including phenoxy) is 1. The molecule has 0 bridgehead atoms. The number of hydrogen-bond acceptors (Lipinski definition) is 5. The number of nitrogens with zero attached hydrogens (tertiary/aromatic N) is 2. The van der Waals surface area contributed by atoms with Crippen LogP contribution in [0.5, 0.6) is 0 Å². The van der Waals surface area contributed by atoms with E-state index in [0.29, 0.717) is 26.2 Å². The molecule has 1 aromatic carbocycles. The maximum absolute atomic E-state index is 12.7. The molecule has 2 aliphatic heterocycles. The normalized spacial score (nSPS) is 19.8. The van der Waals surface area contributed by atoms with Crippen LogP contribution in [0.3, 0.4) is 0 Å². The van der Waals surface area contributed by atoms with Gasteiger partial charge in [0.1, 0.15) is 0 Å². The second-order valence-corrected chi connectivity index (χ2v) is 9.36. The molecule has 1 atom stereocenters. The molecule has 1 amide bonds. The zero-order chi connectivity index (χ0) is 20.1. The summed E-state index contributed by atoms with van der Waals surface area (Å²) in [6.45, 7) is 4.03. The first-order valence-corrected chi connectivity index (χ1v) is 11.4. The lowest BCUT2D eigenvalue weighted by Crippen LogP contribution is -2.42. The Bertz CT molecular complexity index is 794. The van der Waals surface area contributed by atoms with Crippen molar-refractivity contribution in [1.29, 1.82) is 0 Å². The third kappa shape index (κ3) is 4.72. The van der Waals surface area contributed by atoms with E-state index in [9.17, 15) is 18.0 Å². The molecule has 1 aromatic rings. The average Bonchev–Trinajstić information content (AvgIpc) is 2.74. The fourth-order valence-electron chi connectivity index (χ4n) is 3.67. The summed E-state index contributed by atoms with van der Waals surface area (Å²) >= 11 is 0. The third-order valence-electron chi connectivity index (χ3n) is 5.34. The molecule has 154 valence electrons. The van der Waals surface area contributed by atoms with E-state index >= 15 is 0 Å². The Morgan fingerprint density at radius 3 is 2.00 bits per heavy atom. The van der Waals surface area contributed by atoms with Crippen LogP contribution in [0.1, 0.15) is 55.8 Å². The van der Waals surface area contributed by atoms with Crippen molar-refractivity contribution < 1.29 is 22.7 Å². The van der Waals surface area contributed by atoms with Gasteiger partial charge in [0, 0.05) is 26.2 Å². The number of likely N-dealkylation sites (tertiary alicyclic amines) is 1. The second-order valence-electron chi connectivity index (χ2n) is 7.42. The average molecular weight is 409 g/mol. The SMILES string of the molecule is C[C@@H](OC(=O)c1ccc(S(=O)(=O)N2CCCCC2)cc1)C(=O)N1CCCCC1. The van der Waals surface area contributed by atoms with E-state index in [4.69, 9.17) is 4.74 Å². The van der Waals surface area contributed by atoms with Crippen molar-refractivity contribution in [3.8, 4) is 0 Å². The molecule has 0 aliphatic carbocycles. The highest BCUT2D eigenvalue weighted by Crippen LogP contribution is 2.21. The summed E-state index contributed by atoms with van der Waals surface area (Å²) in [5, 5.41) is 0. The van der Waals surface area contributed by atoms with Crippen LogP contribution in [-0.4, -0.2) is 61.8 Å². The monoisotopic (exact) mass is 408 g/mol. The maximum Gasteiger partial charge on any atom is 0.338 e. The quantitative estimate of drug-likeness (QED) is 0.699. The van der Waals surface area contributed by atoms with Crippen molar-refractivity contribution in [2.75, 3.05) is 26.2 Å². The molecule has 3 rings (SSSR count). The van der Waals surface area contributed by atoms with E-state index in [-0.39, 0.29) is 16.4 Å². The lowest BCUT2D eigenvalue weighted by atomic mass is 10.1. The fourth-order valence-corrected chi connectivity index (χ4v) is 5.18. The van der Waals surface area contributed by atoms with Crippen LogP contribution in [0.4, 0.5) is 0 Å². The smallest absolute Gasteiger partial charge is 0.338 e. The summed E-state index contributed by atoms with van der Waals surface area (Å²) in [5.74, 6) is -0.808. The van der Waals surface area contributed by atoms with E-state index in [1.54, 1.807) is 11.8 Å². The molecule has 0 spiro atoms. The van der Waals surface area contributed by atoms with Gasteiger partial charge in [0.15, 0.2) is 6.10 Å². The summed E-state index contributed by atoms with van der Waals surface area (Å²) < 4.78 is 32.1. The highest BCUT2D eigenvalue weighted by atomic mass is 32.2. The largest absolute Gasteiger partial charge is 0.449 e. The van der Waals surface area contributed by atoms with Gasteiger partial charge in [0.2, 0.25) is 10.0 Å². The highest BCUT2D eigenvalue weighted by molar-refractivity contribution is 7.89. The van der Waals surface area contributed by atoms with Crippen LogP contribution in [-0.2, 0) is 19.6 Å². The number of benzene rings is 1. The van der Waals surface area contributed by atoms with Crippen molar-refractivity contribution in [1.82, 2.24) is 9.21 Å². The summed E-state index contributed by atoms with van der Waals surface area (Å²) in [7, 11) is -3.54. The van der Waals surface area contributed by atoms with Gasteiger partial charge >= 0.3 is 5.97 Å². The topological polar surface area (TPSA) is 84.0 Å². The number of hydrogen-bond donors (Lipinski definition) is 0. The Balaban J connectivity index is 1.62. The van der Waals surface area contributed by atoms with Crippen LogP contribution in [0.2, 0.25) is 0 Å². The molecule has 2 aliphatic rings. The number of carbonyl (C=O) groups excluding carboxylic acids is 2. The fraction of sp³-hybridized carbons (Fsp3) is 0.600. The van der Waals surface area contributed by atoms with Gasteiger partial charge in [-0.15, -0.1) is 0 Å². The van der Waals surface area contributed by atoms with Crippen molar-refractivity contribution in [2.45, 2.75) is 56.4 Å². The standard InChI is InChI=1S/C20H28N2O5S/c1-16(19(23)21-12-4-2-5-13-21)27-20(24)17-8-10-18(11-9-17)28(25,26)22-14-6-3-7-15-22/h8-11,16H,2-7,12-15H2,1H3/t16-/m1/s1. The van der Waals surface area contributed by atoms with E-state index in [0.717, 1.165) is 38.5 Å². The molecule has 2 heterocycles. The van der Waals surface area contributed by atoms with E-state index in [1.165, 1.54) is 28.6 Å². The minimum absolute atomic E-state index is 0.170. The highest BCUT2D eigenvalue weighted by Gasteiger charge is 2.27. The van der Waals surface area contributed by atoms with Gasteiger partial charge in [0.05, 0.1) is 10.5 Å². The first-order valence-electron chi connectivity index (χ1n) is 9.99. The van der Waals surface area contributed by atoms with Gasteiger partial charge in [-0.05, 0) is 63.3 Å². The summed E-state index contributed by atoms with van der Waals surface area (Å²) in [6, 6.07) is 5.74. The number of esters is 1. The van der Waals surface area contributed by atoms with Crippen LogP contribution in [0.25, 0.3) is 0 Å². The van der Waals surface area contributed by atoms with Crippen molar-refractivity contribution in [3.63, 3.8) is 0 Å². The van der Waals surface area contributed by atoms with E-state index in [2.05, 4.69) is 0 Å². The maximum atomic E-state index is 12.7. The number of piperidine rings is 2. The van der Waals surface area contributed by atoms with Crippen molar-refractivity contribution in [3.05, 3.63) is 29.8 Å². The van der Waals surface area contributed by atoms with Crippen LogP contribution >= 0.6 is 0 Å². The van der Waals surface area contributed by atoms with Gasteiger partial charge in [-0.1, -0.05) is 6.42 Å². The van der Waals surface area contributed by atoms with E-state index < -0.39 is 22.1 Å². The predicted octanol–water partition coefficient (Wildman–Crippen LogP) is 2.42. The Morgan fingerprint density at radius 1 is 0.893 bits per heavy atom. The molecular weight excluding hydrogens is 380 g/mol. The molecule has 0 aromatic heterocycles. The molecule has 8 heteroatoms. The van der Waals surface area contributed by atoms with Gasteiger partial charge in [-0.3, -0.25) is 4.79 Å². The summed E-state index contributed by atoms with van der Waals surface area (Å²) in [4.78, 5) is 26.6. The number of rotatable bonds is 5. The molecule has 0 radical (unpaired) electrons. The van der Waals surface area contributed by atoms with Gasteiger partial charge < -0.3 is 9.64 Å². The molecular formula is C20H28N2O5S. The molecule has 2 fully saturated rings. The Morgan fingerprint density at radius 2 is 1.43 bits per heavy atom. The lowest BCUT2D eigenvalue weighted by molar-refractivity contribution is -0.140. The number of carbonyl (C=O) groups is 2. The molecule has 2 saturated heterocycles. The van der Waals surface area contributed by atoms with Crippen LogP contribution < -0.4 is 0 Å². The zero-order valence-electron chi connectivity index (χ0n) is 16.3. The van der Waals surface area contributed by atoms with Gasteiger partial charge in [0.25, 0.3) is 5.91 Å². The minimum atomic E-state index is -3.54. The van der Waals surface area contributed by atoms with Gasteiger partial charge in [-0.25, -0.2) is 13.2 Å². The molecule has 0 unspecified atom stereocenters. The van der Waals surface area contributed by atoms with Crippen molar-refractivity contribution in [2.24, 2.45) is 0 Å². The Kier molecular flexibility index (Phi) is 6.72. The molecule has 7 nitrogen and oxygen atoms in total. The lowest BCUT2D eigenvalue weighted by Gasteiger charge is -2.29. The number of amides is 1. The van der Waals surface area contributed by atoms with Crippen LogP contribution in [0, 0.1) is 0 Å². The first-order chi connectivity index (χ1) is 13.4. The first kappa shape index (κ1) is 20.8. The summed E-state index contributed by atoms with van der Waals surface area (Å²) in [6.07, 6.45) is 4.98. The number of sulfonamides is 1. The second kappa shape index (κ2) is 9.05. The third-order valence-corrected chi connectivity index (χ3v) is 7.26. The predicted molar refractivity (Wildman–Crippen MR) is 104 cm³/mol. The molecule has 28 heavy (non-hydrogen) atoms. The summed E-state index contributed by atoms with van der Waals surface area (Å²) in [5.41, 5.74) is 0.232. The van der Waals surface area contributed by atoms with E-state index in [1.807, 2.05) is 0 Å². The van der Waals surface area contributed by atoms with Crippen LogP contribution in [0.15, 0.2) is 29.2 Å². The van der Waals surface area contributed by atoms with Crippen molar-refractivity contribution >= 4 is 21.9 Å². The Hall–Kier alpha value is -1.93. The molecule has 0 saturated carbocycles. The zero-order valence-corrected chi connectivity index (χ0v) is 17.1. The molecule has 0 N–H and O–H groups in total. The minimum Gasteiger partial charge on any atom is -0.449 e.